The van der Waals surface area contributed by atoms with E-state index in [1.165, 1.54) is 7.11 Å². The number of piperazine rings is 1. The van der Waals surface area contributed by atoms with E-state index in [0.717, 1.165) is 25.2 Å². The number of benzene rings is 1. The molecule has 1 aliphatic rings. The second kappa shape index (κ2) is 5.47. The van der Waals surface area contributed by atoms with Crippen LogP contribution in [0.4, 0.5) is 4.39 Å². The first kappa shape index (κ1) is 14.3. The van der Waals surface area contributed by atoms with Crippen molar-refractivity contribution < 1.29 is 9.13 Å². The highest BCUT2D eigenvalue weighted by molar-refractivity contribution is 5.29. The number of nitrogens with zero attached hydrogens (tertiary/aromatic N) is 1. The van der Waals surface area contributed by atoms with Gasteiger partial charge in [0.05, 0.1) is 7.11 Å². The van der Waals surface area contributed by atoms with E-state index >= 15 is 0 Å². The topological polar surface area (TPSA) is 24.5 Å². The minimum atomic E-state index is -0.291. The number of hydrogen-bond acceptors (Lipinski definition) is 3. The highest BCUT2D eigenvalue weighted by Gasteiger charge is 2.32. The zero-order valence-electron chi connectivity index (χ0n) is 12.2. The van der Waals surface area contributed by atoms with Gasteiger partial charge in [-0.3, -0.25) is 4.90 Å². The normalized spacial score (nSPS) is 23.3. The summed E-state index contributed by atoms with van der Waals surface area (Å²) >= 11 is 0. The summed E-state index contributed by atoms with van der Waals surface area (Å²) in [6.07, 6.45) is 0. The molecule has 1 saturated heterocycles. The SMILES string of the molecule is COc1ccc(CN2CC(C)NCC2(C)C)cc1F. The van der Waals surface area contributed by atoms with Gasteiger partial charge in [0, 0.05) is 31.2 Å². The fourth-order valence-electron chi connectivity index (χ4n) is 2.49. The zero-order chi connectivity index (χ0) is 14.0. The summed E-state index contributed by atoms with van der Waals surface area (Å²) < 4.78 is 18.7. The lowest BCUT2D eigenvalue weighted by Crippen LogP contribution is -2.60. The van der Waals surface area contributed by atoms with Gasteiger partial charge in [0.25, 0.3) is 0 Å². The van der Waals surface area contributed by atoms with Crippen LogP contribution in [0.1, 0.15) is 26.3 Å². The monoisotopic (exact) mass is 266 g/mol. The predicted molar refractivity (Wildman–Crippen MR) is 74.9 cm³/mol. The first-order chi connectivity index (χ1) is 8.92. The molecule has 0 saturated carbocycles. The number of halogens is 1. The molecule has 1 unspecified atom stereocenters. The summed E-state index contributed by atoms with van der Waals surface area (Å²) in [6, 6.07) is 5.67. The molecular formula is C15H23FN2O. The average Bonchev–Trinajstić information content (AvgIpc) is 2.35. The first-order valence-corrected chi connectivity index (χ1v) is 6.73. The Morgan fingerprint density at radius 1 is 1.47 bits per heavy atom. The van der Waals surface area contributed by atoms with E-state index < -0.39 is 0 Å². The van der Waals surface area contributed by atoms with Crippen molar-refractivity contribution in [1.29, 1.82) is 0 Å². The molecule has 0 radical (unpaired) electrons. The van der Waals surface area contributed by atoms with Crippen LogP contribution in [0.15, 0.2) is 18.2 Å². The molecular weight excluding hydrogens is 243 g/mol. The molecule has 1 N–H and O–H groups in total. The maximum atomic E-state index is 13.7. The summed E-state index contributed by atoms with van der Waals surface area (Å²) in [6.45, 7) is 9.29. The number of nitrogens with one attached hydrogen (secondary N) is 1. The number of rotatable bonds is 3. The van der Waals surface area contributed by atoms with E-state index in [2.05, 4.69) is 31.0 Å². The fraction of sp³-hybridized carbons (Fsp3) is 0.600. The van der Waals surface area contributed by atoms with Gasteiger partial charge in [-0.2, -0.15) is 0 Å². The molecule has 0 bridgehead atoms. The van der Waals surface area contributed by atoms with Gasteiger partial charge in [-0.15, -0.1) is 0 Å². The van der Waals surface area contributed by atoms with E-state index in [0.29, 0.717) is 11.8 Å². The second-order valence-electron chi connectivity index (χ2n) is 5.94. The van der Waals surface area contributed by atoms with E-state index in [1.54, 1.807) is 12.1 Å². The van der Waals surface area contributed by atoms with Gasteiger partial charge in [0.2, 0.25) is 0 Å². The summed E-state index contributed by atoms with van der Waals surface area (Å²) in [5.41, 5.74) is 1.07. The van der Waals surface area contributed by atoms with Crippen LogP contribution in [0.2, 0.25) is 0 Å². The van der Waals surface area contributed by atoms with Gasteiger partial charge in [0.1, 0.15) is 0 Å². The Labute approximate surface area is 114 Å². The third-order valence-corrected chi connectivity index (χ3v) is 3.82. The van der Waals surface area contributed by atoms with Crippen LogP contribution in [0, 0.1) is 5.82 Å². The van der Waals surface area contributed by atoms with Crippen molar-refractivity contribution in [3.8, 4) is 5.75 Å². The van der Waals surface area contributed by atoms with Gasteiger partial charge >= 0.3 is 0 Å². The summed E-state index contributed by atoms with van der Waals surface area (Å²) in [5, 5.41) is 3.48. The van der Waals surface area contributed by atoms with Crippen molar-refractivity contribution in [1.82, 2.24) is 10.2 Å². The second-order valence-corrected chi connectivity index (χ2v) is 5.94. The molecule has 0 spiro atoms. The Morgan fingerprint density at radius 2 is 2.21 bits per heavy atom. The molecule has 1 aliphatic heterocycles. The summed E-state index contributed by atoms with van der Waals surface area (Å²) in [4.78, 5) is 2.40. The number of hydrogen-bond donors (Lipinski definition) is 1. The van der Waals surface area contributed by atoms with Crippen molar-refractivity contribution in [2.45, 2.75) is 38.9 Å². The molecule has 19 heavy (non-hydrogen) atoms. The molecule has 2 rings (SSSR count). The number of methoxy groups -OCH3 is 1. The van der Waals surface area contributed by atoms with Crippen LogP contribution >= 0.6 is 0 Å². The molecule has 1 heterocycles. The minimum absolute atomic E-state index is 0.0862. The van der Waals surface area contributed by atoms with E-state index in [-0.39, 0.29) is 11.4 Å². The predicted octanol–water partition coefficient (Wildman–Crippen LogP) is 2.41. The summed E-state index contributed by atoms with van der Waals surface area (Å²) in [5.74, 6) is 0.0117. The first-order valence-electron chi connectivity index (χ1n) is 6.73. The molecule has 0 aliphatic carbocycles. The van der Waals surface area contributed by atoms with Crippen molar-refractivity contribution in [3.63, 3.8) is 0 Å². The Morgan fingerprint density at radius 3 is 2.84 bits per heavy atom. The van der Waals surface area contributed by atoms with E-state index in [1.807, 2.05) is 6.07 Å². The van der Waals surface area contributed by atoms with Crippen LogP contribution in [0.25, 0.3) is 0 Å². The molecule has 0 amide bonds. The van der Waals surface area contributed by atoms with Gasteiger partial charge in [-0.05, 0) is 38.5 Å². The lowest BCUT2D eigenvalue weighted by atomic mass is 9.97. The van der Waals surface area contributed by atoms with Crippen molar-refractivity contribution in [3.05, 3.63) is 29.6 Å². The van der Waals surface area contributed by atoms with E-state index in [9.17, 15) is 4.39 Å². The smallest absolute Gasteiger partial charge is 0.165 e. The Kier molecular flexibility index (Phi) is 4.11. The summed E-state index contributed by atoms with van der Waals surface area (Å²) in [7, 11) is 1.49. The molecule has 0 aromatic heterocycles. The standard InChI is InChI=1S/C15H23FN2O/c1-11-8-18(15(2,3)10-17-11)9-12-5-6-14(19-4)13(16)7-12/h5-7,11,17H,8-10H2,1-4H3. The molecule has 1 fully saturated rings. The highest BCUT2D eigenvalue weighted by atomic mass is 19.1. The van der Waals surface area contributed by atoms with Crippen LogP contribution in [-0.4, -0.2) is 36.7 Å². The molecule has 3 nitrogen and oxygen atoms in total. The largest absolute Gasteiger partial charge is 0.494 e. The third kappa shape index (κ3) is 3.25. The zero-order valence-corrected chi connectivity index (χ0v) is 12.2. The van der Waals surface area contributed by atoms with Crippen LogP contribution < -0.4 is 10.1 Å². The molecule has 4 heteroatoms. The maximum absolute atomic E-state index is 13.7. The Balaban J connectivity index is 2.13. The lowest BCUT2D eigenvalue weighted by Gasteiger charge is -2.45. The minimum Gasteiger partial charge on any atom is -0.494 e. The number of ether oxygens (including phenoxy) is 1. The van der Waals surface area contributed by atoms with Gasteiger partial charge < -0.3 is 10.1 Å². The molecule has 106 valence electrons. The van der Waals surface area contributed by atoms with Gasteiger partial charge in [-0.1, -0.05) is 6.07 Å². The lowest BCUT2D eigenvalue weighted by molar-refractivity contribution is 0.0625. The van der Waals surface area contributed by atoms with Crippen molar-refractivity contribution >= 4 is 0 Å². The average molecular weight is 266 g/mol. The van der Waals surface area contributed by atoms with Crippen molar-refractivity contribution in [2.75, 3.05) is 20.2 Å². The third-order valence-electron chi connectivity index (χ3n) is 3.82. The quantitative estimate of drug-likeness (QED) is 0.909. The molecule has 1 atom stereocenters. The van der Waals surface area contributed by atoms with Crippen LogP contribution in [0.3, 0.4) is 0 Å². The molecule has 1 aromatic carbocycles. The van der Waals surface area contributed by atoms with E-state index in [4.69, 9.17) is 4.74 Å². The Bertz CT molecular complexity index is 448. The van der Waals surface area contributed by atoms with Crippen LogP contribution in [-0.2, 0) is 6.54 Å². The van der Waals surface area contributed by atoms with Crippen LogP contribution in [0.5, 0.6) is 5.75 Å². The molecule has 1 aromatic rings. The maximum Gasteiger partial charge on any atom is 0.165 e. The highest BCUT2D eigenvalue weighted by Crippen LogP contribution is 2.24. The fourth-order valence-corrected chi connectivity index (χ4v) is 2.49. The van der Waals surface area contributed by atoms with Gasteiger partial charge in [-0.25, -0.2) is 4.39 Å². The van der Waals surface area contributed by atoms with Gasteiger partial charge in [0.15, 0.2) is 11.6 Å². The Hall–Kier alpha value is -1.13. The van der Waals surface area contributed by atoms with Crippen molar-refractivity contribution in [2.24, 2.45) is 0 Å².